The van der Waals surface area contributed by atoms with Gasteiger partial charge in [-0.2, -0.15) is 24.7 Å². The lowest BCUT2D eigenvalue weighted by Crippen LogP contribution is -2.08. The Morgan fingerprint density at radius 3 is 2.68 bits per heavy atom. The fraction of sp³-hybridized carbons (Fsp3) is 0. The van der Waals surface area contributed by atoms with Crippen LogP contribution < -0.4 is 5.73 Å². The molecule has 0 atom stereocenters. The van der Waals surface area contributed by atoms with E-state index in [1.165, 1.54) is 23.4 Å². The quantitative estimate of drug-likeness (QED) is 0.730. The van der Waals surface area contributed by atoms with Crippen LogP contribution in [0.4, 0.5) is 10.3 Å². The third-order valence-electron chi connectivity index (χ3n) is 2.38. The summed E-state index contributed by atoms with van der Waals surface area (Å²) in [4.78, 5) is 15.8. The fourth-order valence-corrected chi connectivity index (χ4v) is 1.56. The Labute approximate surface area is 107 Å². The molecule has 0 spiro atoms. The van der Waals surface area contributed by atoms with Crippen molar-refractivity contribution in [2.45, 2.75) is 0 Å². The molecule has 19 heavy (non-hydrogen) atoms. The van der Waals surface area contributed by atoms with Crippen LogP contribution >= 0.6 is 0 Å². The summed E-state index contributed by atoms with van der Waals surface area (Å²) >= 11 is 0. The Balaban J connectivity index is 2.16. The monoisotopic (exact) mass is 257 g/mol. The van der Waals surface area contributed by atoms with Gasteiger partial charge >= 0.3 is 0 Å². The molecule has 94 valence electrons. The van der Waals surface area contributed by atoms with Crippen molar-refractivity contribution in [1.29, 1.82) is 0 Å². The van der Waals surface area contributed by atoms with Crippen LogP contribution in [0.5, 0.6) is 0 Å². The number of nitrogen functional groups attached to an aromatic ring is 1. The van der Waals surface area contributed by atoms with E-state index in [0.29, 0.717) is 0 Å². The van der Waals surface area contributed by atoms with Gasteiger partial charge in [0.05, 0.1) is 5.56 Å². The van der Waals surface area contributed by atoms with Crippen molar-refractivity contribution in [1.82, 2.24) is 29.7 Å². The van der Waals surface area contributed by atoms with Crippen LogP contribution in [-0.2, 0) is 0 Å². The van der Waals surface area contributed by atoms with Gasteiger partial charge in [0.1, 0.15) is 18.5 Å². The highest BCUT2D eigenvalue weighted by molar-refractivity contribution is 5.57. The molecule has 2 heterocycles. The summed E-state index contributed by atoms with van der Waals surface area (Å²) in [5, 5.41) is 3.89. The zero-order chi connectivity index (χ0) is 13.2. The highest BCUT2D eigenvalue weighted by atomic mass is 19.1. The summed E-state index contributed by atoms with van der Waals surface area (Å²) in [6.07, 6.45) is 2.75. The lowest BCUT2D eigenvalue weighted by molar-refractivity contribution is 0.629. The van der Waals surface area contributed by atoms with Crippen LogP contribution in [0.2, 0.25) is 0 Å². The molecule has 2 N–H and O–H groups in total. The number of nitrogens with zero attached hydrogens (tertiary/aromatic N) is 6. The topological polar surface area (TPSA) is 95.4 Å². The van der Waals surface area contributed by atoms with E-state index in [-0.39, 0.29) is 23.3 Å². The molecule has 8 heteroatoms. The van der Waals surface area contributed by atoms with E-state index in [0.717, 1.165) is 0 Å². The first kappa shape index (κ1) is 11.2. The molecule has 0 saturated carbocycles. The van der Waals surface area contributed by atoms with Gasteiger partial charge in [0, 0.05) is 0 Å². The number of anilines is 1. The molecule has 2 aromatic heterocycles. The van der Waals surface area contributed by atoms with Gasteiger partial charge in [-0.15, -0.1) is 0 Å². The van der Waals surface area contributed by atoms with E-state index in [1.54, 1.807) is 18.2 Å². The average molecular weight is 257 g/mol. The van der Waals surface area contributed by atoms with Gasteiger partial charge < -0.3 is 5.73 Å². The van der Waals surface area contributed by atoms with Crippen LogP contribution in [0.1, 0.15) is 0 Å². The molecule has 3 aromatic rings. The highest BCUT2D eigenvalue weighted by Crippen LogP contribution is 2.19. The van der Waals surface area contributed by atoms with Crippen molar-refractivity contribution in [3.63, 3.8) is 0 Å². The predicted octanol–water partition coefficient (Wildman–Crippen LogP) is 0.841. The summed E-state index contributed by atoms with van der Waals surface area (Å²) in [5.41, 5.74) is 5.85. The first-order valence-electron chi connectivity index (χ1n) is 5.35. The SMILES string of the molecule is Nc1nc(-c2ccccc2F)nc(-n2cncn2)n1. The molecule has 3 rings (SSSR count). The van der Waals surface area contributed by atoms with E-state index in [2.05, 4.69) is 25.0 Å². The highest BCUT2D eigenvalue weighted by Gasteiger charge is 2.11. The Morgan fingerprint density at radius 2 is 1.95 bits per heavy atom. The second-order valence-corrected chi connectivity index (χ2v) is 3.64. The largest absolute Gasteiger partial charge is 0.368 e. The molecule has 0 bridgehead atoms. The number of rotatable bonds is 2. The summed E-state index contributed by atoms with van der Waals surface area (Å²) in [7, 11) is 0. The molecular formula is C11H8FN7. The molecule has 0 aliphatic carbocycles. The molecule has 0 aliphatic rings. The minimum absolute atomic E-state index is 0.0150. The number of hydrogen-bond acceptors (Lipinski definition) is 6. The van der Waals surface area contributed by atoms with Crippen LogP contribution in [0.3, 0.4) is 0 Å². The minimum Gasteiger partial charge on any atom is -0.368 e. The van der Waals surface area contributed by atoms with Gasteiger partial charge in [-0.05, 0) is 12.1 Å². The number of aromatic nitrogens is 6. The summed E-state index contributed by atoms with van der Waals surface area (Å²) in [6, 6.07) is 6.16. The molecule has 0 saturated heterocycles. The van der Waals surface area contributed by atoms with Gasteiger partial charge in [-0.3, -0.25) is 0 Å². The van der Waals surface area contributed by atoms with Crippen molar-refractivity contribution in [3.8, 4) is 17.3 Å². The second kappa shape index (κ2) is 4.41. The Bertz CT molecular complexity index is 711. The first-order chi connectivity index (χ1) is 9.24. The van der Waals surface area contributed by atoms with Crippen molar-refractivity contribution in [3.05, 3.63) is 42.7 Å². The second-order valence-electron chi connectivity index (χ2n) is 3.64. The average Bonchev–Trinajstić information content (AvgIpc) is 2.92. The molecule has 0 amide bonds. The van der Waals surface area contributed by atoms with E-state index in [9.17, 15) is 4.39 Å². The first-order valence-corrected chi connectivity index (χ1v) is 5.35. The third kappa shape index (κ3) is 2.10. The van der Waals surface area contributed by atoms with E-state index in [1.807, 2.05) is 0 Å². The zero-order valence-corrected chi connectivity index (χ0v) is 9.60. The maximum absolute atomic E-state index is 13.7. The van der Waals surface area contributed by atoms with Crippen LogP contribution in [0, 0.1) is 5.82 Å². The molecule has 0 radical (unpaired) electrons. The maximum atomic E-state index is 13.7. The molecule has 0 aliphatic heterocycles. The van der Waals surface area contributed by atoms with Gasteiger partial charge in [-0.25, -0.2) is 9.37 Å². The fourth-order valence-electron chi connectivity index (χ4n) is 1.56. The van der Waals surface area contributed by atoms with Gasteiger partial charge in [0.25, 0.3) is 5.95 Å². The standard InChI is InChI=1S/C11H8FN7/c12-8-4-2-1-3-7(8)9-16-10(13)18-11(17-9)19-6-14-5-15-19/h1-6H,(H2,13,16,17,18). The number of benzene rings is 1. The maximum Gasteiger partial charge on any atom is 0.257 e. The summed E-state index contributed by atoms with van der Waals surface area (Å²) < 4.78 is 15.0. The van der Waals surface area contributed by atoms with Crippen molar-refractivity contribution in [2.24, 2.45) is 0 Å². The van der Waals surface area contributed by atoms with Gasteiger partial charge in [0.15, 0.2) is 5.82 Å². The van der Waals surface area contributed by atoms with E-state index >= 15 is 0 Å². The molecule has 7 nitrogen and oxygen atoms in total. The predicted molar refractivity (Wildman–Crippen MR) is 64.6 cm³/mol. The third-order valence-corrected chi connectivity index (χ3v) is 2.38. The van der Waals surface area contributed by atoms with Crippen molar-refractivity contribution >= 4 is 5.95 Å². The number of hydrogen-bond donors (Lipinski definition) is 1. The van der Waals surface area contributed by atoms with Crippen molar-refractivity contribution < 1.29 is 4.39 Å². The normalized spacial score (nSPS) is 10.6. The van der Waals surface area contributed by atoms with Crippen LogP contribution in [0.15, 0.2) is 36.9 Å². The lowest BCUT2D eigenvalue weighted by atomic mass is 10.2. The number of halogens is 1. The Morgan fingerprint density at radius 1 is 1.11 bits per heavy atom. The summed E-state index contributed by atoms with van der Waals surface area (Å²) in [5.74, 6) is -0.115. The molecule has 0 fully saturated rings. The molecule has 1 aromatic carbocycles. The zero-order valence-electron chi connectivity index (χ0n) is 9.60. The van der Waals surface area contributed by atoms with Crippen LogP contribution in [-0.4, -0.2) is 29.7 Å². The van der Waals surface area contributed by atoms with Crippen molar-refractivity contribution in [2.75, 3.05) is 5.73 Å². The van der Waals surface area contributed by atoms with E-state index < -0.39 is 5.82 Å². The molecular weight excluding hydrogens is 249 g/mol. The number of nitrogens with two attached hydrogens (primary N) is 1. The summed E-state index contributed by atoms with van der Waals surface area (Å²) in [6.45, 7) is 0. The van der Waals surface area contributed by atoms with Gasteiger partial charge in [0.2, 0.25) is 5.95 Å². The lowest BCUT2D eigenvalue weighted by Gasteiger charge is -2.05. The smallest absolute Gasteiger partial charge is 0.257 e. The Hall–Kier alpha value is -2.90. The minimum atomic E-state index is -0.433. The van der Waals surface area contributed by atoms with E-state index in [4.69, 9.17) is 5.73 Å². The molecule has 0 unspecified atom stereocenters. The Kier molecular flexibility index (Phi) is 2.60. The van der Waals surface area contributed by atoms with Gasteiger partial charge in [-0.1, -0.05) is 12.1 Å². The van der Waals surface area contributed by atoms with Crippen LogP contribution in [0.25, 0.3) is 17.3 Å².